The standard InChI is InChI=1S/C20H15ClF5N3O3.C18H14ClF2N3O3.C5H9ClO.C3H2F6O3S.CH2O3.2K.H/c1-19(2,3)18(31)32-15-12(11-9(22)4-5-10(23)13(11)21)17(30)29(8-20(24,25)26)16-14(15)27-6-7-28-16;1-18(2,3)17(26)27-14-11(10-8(20)4-5-9(21)12(10)19)16(25)24-15-13(14)22-6-7-23-15;1-5(2,3)4(6)7;4-2(5,6)1-12-13(10,11)3(7,8)9;2-1-4-3;;;/h4-7H,8H2,1-3H3;4-7H,1-3H3,(H,23,24,25);1-3H3;1H2;1,3H;;;/q;;;;;2*+1;-1/p-1. The molecule has 458 valence electrons. The molecule has 4 aromatic heterocycles. The summed E-state index contributed by atoms with van der Waals surface area (Å²) < 4.78 is 198. The van der Waals surface area contributed by atoms with Crippen LogP contribution in [0.2, 0.25) is 10.0 Å². The largest absolute Gasteiger partial charge is 1.00 e. The average Bonchev–Trinajstić information content (AvgIpc) is 2.46. The summed E-state index contributed by atoms with van der Waals surface area (Å²) in [5, 5.41) is 6.65. The van der Waals surface area contributed by atoms with Crippen LogP contribution >= 0.6 is 34.8 Å². The zero-order valence-electron chi connectivity index (χ0n) is 46.6. The summed E-state index contributed by atoms with van der Waals surface area (Å²) in [6, 6.07) is 2.97. The van der Waals surface area contributed by atoms with Gasteiger partial charge in [0.15, 0.2) is 29.4 Å². The van der Waals surface area contributed by atoms with Gasteiger partial charge in [-0.05, 0) is 77.4 Å². The number of aromatic nitrogens is 6. The zero-order chi connectivity index (χ0) is 64.3. The number of nitrogens with zero attached hydrogens (tertiary/aromatic N) is 5. The Hall–Kier alpha value is -3.80. The van der Waals surface area contributed by atoms with E-state index in [4.69, 9.17) is 54.3 Å². The number of pyridine rings is 2. The van der Waals surface area contributed by atoms with Crippen molar-refractivity contribution in [2.75, 3.05) is 6.61 Å². The van der Waals surface area contributed by atoms with Crippen molar-refractivity contribution < 1.29 is 213 Å². The van der Waals surface area contributed by atoms with E-state index in [1.54, 1.807) is 41.5 Å². The summed E-state index contributed by atoms with van der Waals surface area (Å²) in [4.78, 5) is 90.4. The van der Waals surface area contributed by atoms with Crippen LogP contribution in [0.4, 0.5) is 57.1 Å². The van der Waals surface area contributed by atoms with Crippen LogP contribution in [-0.2, 0) is 44.9 Å². The van der Waals surface area contributed by atoms with E-state index < -0.39 is 147 Å². The molecule has 0 saturated carbocycles. The zero-order valence-corrected chi connectivity index (χ0v) is 54.9. The molecule has 1 N–H and O–H groups in total. The Morgan fingerprint density at radius 1 is 0.635 bits per heavy atom. The Bertz CT molecular complexity index is 3630. The number of alkyl halides is 9. The van der Waals surface area contributed by atoms with E-state index in [0.29, 0.717) is 12.1 Å². The van der Waals surface area contributed by atoms with Crippen LogP contribution in [0.15, 0.2) is 58.6 Å². The normalized spacial score (nSPS) is 11.7. The first-order chi connectivity index (χ1) is 37.6. The Morgan fingerprint density at radius 3 is 1.39 bits per heavy atom. The van der Waals surface area contributed by atoms with Gasteiger partial charge >= 0.3 is 143 Å². The molecular formula is C47H42Cl3F13K2N6O13S. The summed E-state index contributed by atoms with van der Waals surface area (Å²) in [5.74, 6) is -6.87. The number of esters is 2. The number of nitrogens with one attached hydrogen (secondary N) is 1. The van der Waals surface area contributed by atoms with Crippen LogP contribution in [0.25, 0.3) is 44.6 Å². The molecule has 0 atom stereocenters. The second-order valence-electron chi connectivity index (χ2n) is 19.1. The molecule has 0 radical (unpaired) electrons. The fraction of sp³-hybridized carbons (Fsp3) is 0.362. The number of rotatable bonds is 8. The summed E-state index contributed by atoms with van der Waals surface area (Å²) >= 11 is 16.9. The molecule has 4 heterocycles. The van der Waals surface area contributed by atoms with Crippen molar-refractivity contribution in [2.24, 2.45) is 16.2 Å². The van der Waals surface area contributed by atoms with E-state index in [2.05, 4.69) is 34.0 Å². The fourth-order valence-electron chi connectivity index (χ4n) is 5.31. The third-order valence-corrected chi connectivity index (χ3v) is 11.6. The van der Waals surface area contributed by atoms with Crippen molar-refractivity contribution in [3.63, 3.8) is 0 Å². The molecule has 0 saturated heterocycles. The minimum atomic E-state index is -6.15. The topological polar surface area (TPSA) is 269 Å². The summed E-state index contributed by atoms with van der Waals surface area (Å²) in [6.45, 7) is 10.1. The van der Waals surface area contributed by atoms with Crippen molar-refractivity contribution in [3.05, 3.63) is 103 Å². The first-order valence-corrected chi connectivity index (χ1v) is 24.7. The maximum absolute atomic E-state index is 14.7. The predicted molar refractivity (Wildman–Crippen MR) is 266 cm³/mol. The van der Waals surface area contributed by atoms with Gasteiger partial charge < -0.3 is 26.0 Å². The predicted octanol–water partition coefficient (Wildman–Crippen LogP) is 4.54. The molecule has 0 aliphatic heterocycles. The third kappa shape index (κ3) is 23.6. The Labute approximate surface area is 573 Å². The number of carbonyl (C=O) groups excluding carboxylic acids is 4. The number of carbonyl (C=O) groups is 4. The molecule has 0 amide bonds. The molecule has 38 heteroatoms. The van der Waals surface area contributed by atoms with E-state index in [-0.39, 0.29) is 143 Å². The van der Waals surface area contributed by atoms with Crippen molar-refractivity contribution in [3.8, 4) is 33.8 Å². The number of H-pyrrole nitrogens is 1. The van der Waals surface area contributed by atoms with Gasteiger partial charge in [0.1, 0.15) is 40.8 Å². The molecule has 2 aromatic carbocycles. The van der Waals surface area contributed by atoms with Gasteiger partial charge in [-0.3, -0.25) is 37.5 Å². The minimum absolute atomic E-state index is 0. The van der Waals surface area contributed by atoms with Gasteiger partial charge in [0.25, 0.3) is 17.6 Å². The van der Waals surface area contributed by atoms with Crippen LogP contribution in [0.5, 0.6) is 11.5 Å². The number of hydrogen-bond acceptors (Lipinski definition) is 17. The van der Waals surface area contributed by atoms with Crippen molar-refractivity contribution in [1.29, 1.82) is 0 Å². The van der Waals surface area contributed by atoms with Crippen molar-refractivity contribution in [1.82, 2.24) is 29.5 Å². The number of hydrogen-bond donors (Lipinski definition) is 1. The SMILES string of the molecule is CC(C)(C)C(=O)Cl.CC(C)(C)C(=O)Oc1c(-c2c(F)ccc(F)c2Cl)c(=O)[nH]c2nccnc12.CC(C)(C)C(=O)Oc1c(-c2c(F)ccc(F)c2Cl)c(=O)n(CC(F)(F)F)c2nccnc12.O=CO[O-].O=S(=O)(OCC(F)(F)F)C(F)(F)F.[H-].[K+].[K+]. The first kappa shape index (κ1) is 81.2. The first-order valence-electron chi connectivity index (χ1n) is 22.1. The average molecular weight is 1360 g/mol. The van der Waals surface area contributed by atoms with Gasteiger partial charge in [-0.1, -0.05) is 44.0 Å². The molecule has 85 heavy (non-hydrogen) atoms. The van der Waals surface area contributed by atoms with Crippen molar-refractivity contribution in [2.45, 2.75) is 86.7 Å². The molecule has 6 rings (SSSR count). The van der Waals surface area contributed by atoms with E-state index in [1.807, 2.05) is 0 Å². The van der Waals surface area contributed by atoms with Gasteiger partial charge in [0.2, 0.25) is 5.24 Å². The third-order valence-electron chi connectivity index (χ3n) is 9.26. The summed E-state index contributed by atoms with van der Waals surface area (Å²) in [6.07, 6.45) is -5.27. The van der Waals surface area contributed by atoms with E-state index in [9.17, 15) is 89.5 Å². The molecule has 6 aromatic rings. The van der Waals surface area contributed by atoms with Gasteiger partial charge in [-0.15, -0.1) is 0 Å². The van der Waals surface area contributed by atoms with Gasteiger partial charge in [-0.2, -0.15) is 47.9 Å². The second kappa shape index (κ2) is 32.6. The number of benzene rings is 2. The Balaban J connectivity index is 0. The second-order valence-corrected chi connectivity index (χ2v) is 21.8. The van der Waals surface area contributed by atoms with Crippen LogP contribution < -0.4 is 129 Å². The Morgan fingerprint density at radius 2 is 1.01 bits per heavy atom. The smallest absolute Gasteiger partial charge is 1.00 e. The van der Waals surface area contributed by atoms with E-state index in [0.717, 1.165) is 24.5 Å². The fourth-order valence-corrected chi connectivity index (χ4v) is 6.23. The van der Waals surface area contributed by atoms with Crippen LogP contribution in [0.3, 0.4) is 0 Å². The molecule has 0 fully saturated rings. The monoisotopic (exact) mass is 1360 g/mol. The van der Waals surface area contributed by atoms with Crippen LogP contribution in [0.1, 0.15) is 63.7 Å². The number of ether oxygens (including phenoxy) is 2. The summed E-state index contributed by atoms with van der Waals surface area (Å²) in [7, 11) is -6.15. The number of halogens is 16. The maximum atomic E-state index is 14.7. The van der Waals surface area contributed by atoms with Crippen LogP contribution in [-0.4, -0.2) is 86.0 Å². The van der Waals surface area contributed by atoms with Gasteiger partial charge in [0, 0.05) is 41.3 Å². The van der Waals surface area contributed by atoms with Crippen molar-refractivity contribution >= 4 is 90.9 Å². The Kier molecular flexibility index (Phi) is 31.2. The summed E-state index contributed by atoms with van der Waals surface area (Å²) in [5.41, 5.74) is -14.3. The molecule has 0 bridgehead atoms. The molecule has 0 aliphatic carbocycles. The maximum Gasteiger partial charge on any atom is 1.00 e. The molecule has 0 spiro atoms. The quantitative estimate of drug-likeness (QED) is 0.0209. The number of aromatic amines is 1. The molecule has 0 aliphatic rings. The molecule has 19 nitrogen and oxygen atoms in total. The molecular weight excluding hydrogens is 1320 g/mol. The van der Waals surface area contributed by atoms with Gasteiger partial charge in [0.05, 0.1) is 32.0 Å². The van der Waals surface area contributed by atoms with E-state index in [1.165, 1.54) is 33.2 Å². The minimum Gasteiger partial charge on any atom is -1.00 e. The molecule has 0 unspecified atom stereocenters. The van der Waals surface area contributed by atoms with Crippen LogP contribution in [0, 0.1) is 39.5 Å². The van der Waals surface area contributed by atoms with E-state index >= 15 is 0 Å². The number of fused-ring (bicyclic) bond motifs is 2. The van der Waals surface area contributed by atoms with Gasteiger partial charge in [-0.25, -0.2) is 37.5 Å².